The SMILES string of the molecule is C[C@@H](C(=O)NC1CCCCC1)N(Cc1ccccc1)C(=O)CN(c1cccc(Cl)c1Cl)S(C)(=O)=O. The molecule has 0 saturated heterocycles. The van der Waals surface area contributed by atoms with Crippen molar-refractivity contribution in [2.75, 3.05) is 17.1 Å². The molecule has 1 saturated carbocycles. The van der Waals surface area contributed by atoms with E-state index in [1.54, 1.807) is 13.0 Å². The zero-order valence-electron chi connectivity index (χ0n) is 19.9. The summed E-state index contributed by atoms with van der Waals surface area (Å²) in [6.45, 7) is 1.29. The third kappa shape index (κ3) is 7.35. The Kier molecular flexibility index (Phi) is 9.44. The molecule has 1 fully saturated rings. The van der Waals surface area contributed by atoms with E-state index in [9.17, 15) is 18.0 Å². The Labute approximate surface area is 217 Å². The van der Waals surface area contributed by atoms with Gasteiger partial charge in [-0.25, -0.2) is 8.42 Å². The van der Waals surface area contributed by atoms with Gasteiger partial charge in [-0.05, 0) is 37.5 Å². The van der Waals surface area contributed by atoms with E-state index in [4.69, 9.17) is 23.2 Å². The number of hydrogen-bond donors (Lipinski definition) is 1. The summed E-state index contributed by atoms with van der Waals surface area (Å²) in [7, 11) is -3.89. The van der Waals surface area contributed by atoms with Crippen molar-refractivity contribution in [3.63, 3.8) is 0 Å². The fraction of sp³-hybridized carbons (Fsp3) is 0.440. The average Bonchev–Trinajstić information content (AvgIpc) is 2.83. The molecule has 2 aromatic rings. The van der Waals surface area contributed by atoms with Crippen molar-refractivity contribution in [3.05, 3.63) is 64.1 Å². The zero-order valence-corrected chi connectivity index (χ0v) is 22.2. The average molecular weight is 541 g/mol. The number of amides is 2. The van der Waals surface area contributed by atoms with E-state index in [0.717, 1.165) is 48.2 Å². The molecule has 190 valence electrons. The standard InChI is InChI=1S/C25H31Cl2N3O4S/c1-18(25(32)28-20-12-7-4-8-13-20)29(16-19-10-5-3-6-11-19)23(31)17-30(35(2,33)34)22-15-9-14-21(26)24(22)27/h3,5-6,9-11,14-15,18,20H,4,7-8,12-13,16-17H2,1-2H3,(H,28,32)/t18-/m0/s1. The number of sulfonamides is 1. The third-order valence-corrected chi connectivity index (χ3v) is 8.13. The summed E-state index contributed by atoms with van der Waals surface area (Å²) in [6, 6.07) is 13.1. The summed E-state index contributed by atoms with van der Waals surface area (Å²) in [5.74, 6) is -0.783. The van der Waals surface area contributed by atoms with Gasteiger partial charge in [-0.15, -0.1) is 0 Å². The van der Waals surface area contributed by atoms with E-state index in [-0.39, 0.29) is 34.2 Å². The Balaban J connectivity index is 1.88. The van der Waals surface area contributed by atoms with Crippen molar-refractivity contribution >= 4 is 50.7 Å². The number of nitrogens with zero attached hydrogens (tertiary/aromatic N) is 2. The van der Waals surface area contributed by atoms with Crippen LogP contribution in [0.4, 0.5) is 5.69 Å². The molecule has 10 heteroatoms. The second kappa shape index (κ2) is 12.1. The lowest BCUT2D eigenvalue weighted by atomic mass is 9.95. The molecule has 7 nitrogen and oxygen atoms in total. The largest absolute Gasteiger partial charge is 0.352 e. The van der Waals surface area contributed by atoms with E-state index in [0.29, 0.717) is 0 Å². The third-order valence-electron chi connectivity index (χ3n) is 6.19. The van der Waals surface area contributed by atoms with Gasteiger partial charge in [-0.1, -0.05) is 78.9 Å². The molecule has 3 rings (SSSR count). The molecule has 0 unspecified atom stereocenters. The number of carbonyl (C=O) groups is 2. The first kappa shape index (κ1) is 27.3. The van der Waals surface area contributed by atoms with Gasteiger partial charge in [0.25, 0.3) is 0 Å². The second-order valence-electron chi connectivity index (χ2n) is 8.87. The molecule has 0 heterocycles. The van der Waals surface area contributed by atoms with Gasteiger partial charge in [0.15, 0.2) is 0 Å². The minimum absolute atomic E-state index is 0.0325. The highest BCUT2D eigenvalue weighted by molar-refractivity contribution is 7.92. The maximum Gasteiger partial charge on any atom is 0.244 e. The Morgan fingerprint density at radius 2 is 1.69 bits per heavy atom. The number of halogens is 2. The van der Waals surface area contributed by atoms with Crippen LogP contribution in [0.25, 0.3) is 0 Å². The number of benzene rings is 2. The van der Waals surface area contributed by atoms with Crippen LogP contribution in [0, 0.1) is 0 Å². The highest BCUT2D eigenvalue weighted by atomic mass is 35.5. The van der Waals surface area contributed by atoms with Gasteiger partial charge in [-0.2, -0.15) is 0 Å². The summed E-state index contributed by atoms with van der Waals surface area (Å²) < 4.78 is 26.2. The first-order chi connectivity index (χ1) is 16.6. The second-order valence-corrected chi connectivity index (χ2v) is 11.6. The molecule has 0 aromatic heterocycles. The molecule has 0 bridgehead atoms. The molecule has 1 aliphatic carbocycles. The van der Waals surface area contributed by atoms with Crippen LogP contribution in [0.5, 0.6) is 0 Å². The van der Waals surface area contributed by atoms with Gasteiger partial charge in [0, 0.05) is 12.6 Å². The summed E-state index contributed by atoms with van der Waals surface area (Å²) in [4.78, 5) is 28.1. The van der Waals surface area contributed by atoms with Gasteiger partial charge in [0.1, 0.15) is 12.6 Å². The van der Waals surface area contributed by atoms with E-state index < -0.39 is 28.5 Å². The maximum atomic E-state index is 13.6. The number of anilines is 1. The Morgan fingerprint density at radius 3 is 2.31 bits per heavy atom. The molecule has 2 aromatic carbocycles. The number of rotatable bonds is 9. The van der Waals surface area contributed by atoms with Crippen LogP contribution >= 0.6 is 23.2 Å². The highest BCUT2D eigenvalue weighted by Gasteiger charge is 2.32. The summed E-state index contributed by atoms with van der Waals surface area (Å²) in [5.41, 5.74) is 0.929. The van der Waals surface area contributed by atoms with Crippen LogP contribution < -0.4 is 9.62 Å². The Morgan fingerprint density at radius 1 is 1.03 bits per heavy atom. The normalized spacial score (nSPS) is 15.3. The van der Waals surface area contributed by atoms with Crippen LogP contribution in [0.1, 0.15) is 44.6 Å². The molecular formula is C25H31Cl2N3O4S. The first-order valence-electron chi connectivity index (χ1n) is 11.6. The predicted molar refractivity (Wildman–Crippen MR) is 140 cm³/mol. The summed E-state index contributed by atoms with van der Waals surface area (Å²) in [5, 5.41) is 3.27. The fourth-order valence-electron chi connectivity index (χ4n) is 4.21. The molecule has 1 N–H and O–H groups in total. The van der Waals surface area contributed by atoms with E-state index >= 15 is 0 Å². The number of nitrogens with one attached hydrogen (secondary N) is 1. The predicted octanol–water partition coefficient (Wildman–Crippen LogP) is 4.63. The number of hydrogen-bond acceptors (Lipinski definition) is 4. The fourth-order valence-corrected chi connectivity index (χ4v) is 5.51. The molecule has 0 aliphatic heterocycles. The molecule has 0 radical (unpaired) electrons. The van der Waals surface area contributed by atoms with Gasteiger partial charge < -0.3 is 10.2 Å². The lowest BCUT2D eigenvalue weighted by Crippen LogP contribution is -2.53. The van der Waals surface area contributed by atoms with Gasteiger partial charge in [0.2, 0.25) is 21.8 Å². The first-order valence-corrected chi connectivity index (χ1v) is 14.2. The van der Waals surface area contributed by atoms with Crippen molar-refractivity contribution in [1.29, 1.82) is 0 Å². The molecule has 0 spiro atoms. The van der Waals surface area contributed by atoms with E-state index in [1.165, 1.54) is 17.0 Å². The lowest BCUT2D eigenvalue weighted by molar-refractivity contribution is -0.139. The molecule has 1 atom stereocenters. The van der Waals surface area contributed by atoms with Crippen LogP contribution in [0.15, 0.2) is 48.5 Å². The lowest BCUT2D eigenvalue weighted by Gasteiger charge is -2.33. The number of carbonyl (C=O) groups excluding carboxylic acids is 2. The van der Waals surface area contributed by atoms with Gasteiger partial charge >= 0.3 is 0 Å². The van der Waals surface area contributed by atoms with Crippen LogP contribution in [-0.4, -0.2) is 50.0 Å². The Hall–Kier alpha value is -2.29. The van der Waals surface area contributed by atoms with Gasteiger partial charge in [-0.3, -0.25) is 13.9 Å². The Bertz CT molecular complexity index is 1140. The topological polar surface area (TPSA) is 86.8 Å². The summed E-state index contributed by atoms with van der Waals surface area (Å²) >= 11 is 12.4. The molecule has 1 aliphatic rings. The van der Waals surface area contributed by atoms with E-state index in [2.05, 4.69) is 5.32 Å². The molecular weight excluding hydrogens is 509 g/mol. The minimum Gasteiger partial charge on any atom is -0.352 e. The van der Waals surface area contributed by atoms with Gasteiger partial charge in [0.05, 0.1) is 22.0 Å². The highest BCUT2D eigenvalue weighted by Crippen LogP contribution is 2.33. The van der Waals surface area contributed by atoms with Crippen molar-refractivity contribution in [1.82, 2.24) is 10.2 Å². The quantitative estimate of drug-likeness (QED) is 0.503. The van der Waals surface area contributed by atoms with Crippen molar-refractivity contribution in [3.8, 4) is 0 Å². The smallest absolute Gasteiger partial charge is 0.244 e. The van der Waals surface area contributed by atoms with Crippen LogP contribution in [0.2, 0.25) is 10.0 Å². The maximum absolute atomic E-state index is 13.6. The van der Waals surface area contributed by atoms with Crippen LogP contribution in [0.3, 0.4) is 0 Å². The van der Waals surface area contributed by atoms with Crippen LogP contribution in [-0.2, 0) is 26.2 Å². The van der Waals surface area contributed by atoms with E-state index in [1.807, 2.05) is 30.3 Å². The summed E-state index contributed by atoms with van der Waals surface area (Å²) in [6.07, 6.45) is 6.12. The minimum atomic E-state index is -3.89. The molecule has 2 amide bonds. The van der Waals surface area contributed by atoms with Crippen molar-refractivity contribution in [2.45, 2.75) is 57.7 Å². The van der Waals surface area contributed by atoms with Crippen molar-refractivity contribution in [2.24, 2.45) is 0 Å². The van der Waals surface area contributed by atoms with Crippen molar-refractivity contribution < 1.29 is 18.0 Å². The molecule has 35 heavy (non-hydrogen) atoms. The zero-order chi connectivity index (χ0) is 25.6. The monoisotopic (exact) mass is 539 g/mol.